The number of hydrogen-bond donors (Lipinski definition) is 1. The maximum Gasteiger partial charge on any atom is 0.225 e. The van der Waals surface area contributed by atoms with Crippen molar-refractivity contribution < 1.29 is 4.79 Å². The number of aryl methyl sites for hydroxylation is 2. The number of amides is 1. The zero-order valence-corrected chi connectivity index (χ0v) is 15.0. The Hall–Kier alpha value is -2.18. The molecule has 126 valence electrons. The van der Waals surface area contributed by atoms with Crippen molar-refractivity contribution in [1.29, 1.82) is 0 Å². The molecule has 2 aromatic heterocycles. The normalized spacial score (nSPS) is 12.0. The number of aromatic nitrogens is 5. The van der Waals surface area contributed by atoms with Gasteiger partial charge in [0.2, 0.25) is 5.91 Å². The summed E-state index contributed by atoms with van der Waals surface area (Å²) in [4.78, 5) is 12.5. The summed E-state index contributed by atoms with van der Waals surface area (Å²) in [6.07, 6.45) is 2.19. The molecule has 0 spiro atoms. The predicted octanol–water partition coefficient (Wildman–Crippen LogP) is 1.80. The van der Waals surface area contributed by atoms with Gasteiger partial charge in [-0.1, -0.05) is 5.21 Å². The number of nitrogens with one attached hydrogen (secondary N) is 1. The van der Waals surface area contributed by atoms with E-state index in [0.29, 0.717) is 6.42 Å². The second-order valence-electron chi connectivity index (χ2n) is 6.80. The van der Waals surface area contributed by atoms with Crippen molar-refractivity contribution in [1.82, 2.24) is 30.1 Å². The summed E-state index contributed by atoms with van der Waals surface area (Å²) in [7, 11) is 1.89. The van der Waals surface area contributed by atoms with Crippen LogP contribution in [-0.4, -0.2) is 30.7 Å². The SMILES string of the molecule is Cc1nn(C)c(C)c1CC(=O)NC(C)(C)c1cn(C(C)C)nn1. The Morgan fingerprint density at radius 1 is 1.35 bits per heavy atom. The van der Waals surface area contributed by atoms with E-state index in [0.717, 1.165) is 22.6 Å². The van der Waals surface area contributed by atoms with Gasteiger partial charge in [0.05, 0.1) is 23.9 Å². The van der Waals surface area contributed by atoms with Gasteiger partial charge >= 0.3 is 0 Å². The minimum Gasteiger partial charge on any atom is -0.345 e. The largest absolute Gasteiger partial charge is 0.345 e. The van der Waals surface area contributed by atoms with Gasteiger partial charge in [0.1, 0.15) is 5.69 Å². The third kappa shape index (κ3) is 3.60. The van der Waals surface area contributed by atoms with Gasteiger partial charge in [0.25, 0.3) is 0 Å². The van der Waals surface area contributed by atoms with Gasteiger partial charge in [-0.3, -0.25) is 9.48 Å². The highest BCUT2D eigenvalue weighted by molar-refractivity contribution is 5.79. The van der Waals surface area contributed by atoms with Gasteiger partial charge in [-0.2, -0.15) is 5.10 Å². The molecule has 2 heterocycles. The molecule has 0 saturated carbocycles. The topological polar surface area (TPSA) is 77.6 Å². The van der Waals surface area contributed by atoms with Crippen LogP contribution in [0.1, 0.15) is 56.4 Å². The highest BCUT2D eigenvalue weighted by atomic mass is 16.1. The first kappa shape index (κ1) is 17.2. The molecule has 1 amide bonds. The molecule has 2 aromatic rings. The van der Waals surface area contributed by atoms with Crippen LogP contribution in [0.25, 0.3) is 0 Å². The van der Waals surface area contributed by atoms with Gasteiger partial charge in [0.15, 0.2) is 0 Å². The lowest BCUT2D eigenvalue weighted by molar-refractivity contribution is -0.122. The Kier molecular flexibility index (Phi) is 4.58. The molecule has 0 aromatic carbocycles. The molecule has 0 aliphatic heterocycles. The molecule has 1 N–H and O–H groups in total. The van der Waals surface area contributed by atoms with E-state index in [9.17, 15) is 4.79 Å². The fourth-order valence-electron chi connectivity index (χ4n) is 2.51. The molecular formula is C16H26N6O. The van der Waals surface area contributed by atoms with E-state index in [1.165, 1.54) is 0 Å². The summed E-state index contributed by atoms with van der Waals surface area (Å²) in [6.45, 7) is 11.8. The summed E-state index contributed by atoms with van der Waals surface area (Å²) in [6, 6.07) is 0.239. The Morgan fingerprint density at radius 2 is 2.00 bits per heavy atom. The highest BCUT2D eigenvalue weighted by Crippen LogP contribution is 2.19. The molecule has 0 aliphatic carbocycles. The van der Waals surface area contributed by atoms with Crippen molar-refractivity contribution in [3.05, 3.63) is 28.8 Å². The molecule has 0 atom stereocenters. The maximum absolute atomic E-state index is 12.5. The molecule has 0 radical (unpaired) electrons. The Morgan fingerprint density at radius 3 is 2.48 bits per heavy atom. The average Bonchev–Trinajstić information content (AvgIpc) is 3.01. The van der Waals surface area contributed by atoms with Crippen LogP contribution < -0.4 is 5.32 Å². The summed E-state index contributed by atoms with van der Waals surface area (Å²) < 4.78 is 3.59. The quantitative estimate of drug-likeness (QED) is 0.912. The fraction of sp³-hybridized carbons (Fsp3) is 0.625. The molecule has 2 rings (SSSR count). The van der Waals surface area contributed by atoms with E-state index in [-0.39, 0.29) is 11.9 Å². The van der Waals surface area contributed by atoms with Crippen molar-refractivity contribution >= 4 is 5.91 Å². The molecule has 23 heavy (non-hydrogen) atoms. The van der Waals surface area contributed by atoms with E-state index >= 15 is 0 Å². The van der Waals surface area contributed by atoms with Crippen molar-refractivity contribution in [2.45, 2.75) is 59.5 Å². The van der Waals surface area contributed by atoms with Gasteiger partial charge in [-0.05, 0) is 41.5 Å². The Balaban J connectivity index is 2.11. The van der Waals surface area contributed by atoms with Gasteiger partial charge < -0.3 is 5.32 Å². The standard InChI is InChI=1S/C16H26N6O/c1-10(2)22-9-14(18-20-22)16(5,6)17-15(23)8-13-11(3)19-21(7)12(13)4/h9-10H,8H2,1-7H3,(H,17,23). The monoisotopic (exact) mass is 318 g/mol. The molecule has 0 bridgehead atoms. The van der Waals surface area contributed by atoms with Crippen LogP contribution in [0, 0.1) is 13.8 Å². The van der Waals surface area contributed by atoms with Crippen LogP contribution in [0.4, 0.5) is 0 Å². The van der Waals surface area contributed by atoms with Gasteiger partial charge in [0, 0.05) is 24.3 Å². The number of hydrogen-bond acceptors (Lipinski definition) is 4. The number of nitrogens with zero attached hydrogens (tertiary/aromatic N) is 5. The zero-order valence-electron chi connectivity index (χ0n) is 15.0. The van der Waals surface area contributed by atoms with Gasteiger partial charge in [-0.25, -0.2) is 4.68 Å². The van der Waals surface area contributed by atoms with E-state index < -0.39 is 5.54 Å². The lowest BCUT2D eigenvalue weighted by Crippen LogP contribution is -2.42. The van der Waals surface area contributed by atoms with Crippen LogP contribution in [-0.2, 0) is 23.8 Å². The molecule has 7 nitrogen and oxygen atoms in total. The number of carbonyl (C=O) groups excluding carboxylic acids is 1. The molecule has 7 heteroatoms. The molecular weight excluding hydrogens is 292 g/mol. The van der Waals surface area contributed by atoms with Crippen molar-refractivity contribution in [3.63, 3.8) is 0 Å². The summed E-state index contributed by atoms with van der Waals surface area (Å²) in [5.41, 5.74) is 3.06. The van der Waals surface area contributed by atoms with E-state index in [2.05, 4.69) is 20.7 Å². The second kappa shape index (κ2) is 6.14. The molecule has 0 unspecified atom stereocenters. The highest BCUT2D eigenvalue weighted by Gasteiger charge is 2.27. The zero-order chi connectivity index (χ0) is 17.4. The lowest BCUT2D eigenvalue weighted by Gasteiger charge is -2.23. The van der Waals surface area contributed by atoms with Crippen molar-refractivity contribution in [2.24, 2.45) is 7.05 Å². The van der Waals surface area contributed by atoms with Crippen LogP contribution in [0.15, 0.2) is 6.20 Å². The first-order valence-corrected chi connectivity index (χ1v) is 7.84. The third-order valence-corrected chi connectivity index (χ3v) is 4.13. The summed E-state index contributed by atoms with van der Waals surface area (Å²) in [5, 5.41) is 15.7. The average molecular weight is 318 g/mol. The maximum atomic E-state index is 12.5. The minimum absolute atomic E-state index is 0.0479. The first-order valence-electron chi connectivity index (χ1n) is 7.84. The smallest absolute Gasteiger partial charge is 0.225 e. The van der Waals surface area contributed by atoms with Gasteiger partial charge in [-0.15, -0.1) is 5.10 Å². The summed E-state index contributed by atoms with van der Waals surface area (Å²) in [5.74, 6) is -0.0479. The van der Waals surface area contributed by atoms with Crippen LogP contribution in [0.3, 0.4) is 0 Å². The van der Waals surface area contributed by atoms with Crippen molar-refractivity contribution in [2.75, 3.05) is 0 Å². The minimum atomic E-state index is -0.575. The fourth-order valence-corrected chi connectivity index (χ4v) is 2.51. The third-order valence-electron chi connectivity index (χ3n) is 4.13. The van der Waals surface area contributed by atoms with Crippen molar-refractivity contribution in [3.8, 4) is 0 Å². The number of carbonyl (C=O) groups is 1. The first-order chi connectivity index (χ1) is 10.6. The van der Waals surface area contributed by atoms with E-state index in [1.807, 2.05) is 54.8 Å². The van der Waals surface area contributed by atoms with E-state index in [1.54, 1.807) is 9.36 Å². The molecule has 0 fully saturated rings. The lowest BCUT2D eigenvalue weighted by atomic mass is 10.0. The second-order valence-corrected chi connectivity index (χ2v) is 6.80. The number of rotatable bonds is 5. The van der Waals surface area contributed by atoms with Crippen LogP contribution in [0.2, 0.25) is 0 Å². The van der Waals surface area contributed by atoms with E-state index in [4.69, 9.17) is 0 Å². The van der Waals surface area contributed by atoms with Crippen LogP contribution >= 0.6 is 0 Å². The molecule has 0 saturated heterocycles. The molecule has 0 aliphatic rings. The Bertz CT molecular complexity index is 710. The summed E-state index contributed by atoms with van der Waals surface area (Å²) >= 11 is 0. The predicted molar refractivity (Wildman–Crippen MR) is 88.0 cm³/mol. The Labute approximate surface area is 137 Å². The van der Waals surface area contributed by atoms with Crippen LogP contribution in [0.5, 0.6) is 0 Å².